The number of carbonyl (C=O) groups is 1. The first kappa shape index (κ1) is 10.0. The number of hydrogen-bond donors (Lipinski definition) is 1. The minimum absolute atomic E-state index is 0.0363. The summed E-state index contributed by atoms with van der Waals surface area (Å²) < 4.78 is 0. The summed E-state index contributed by atoms with van der Waals surface area (Å²) in [5.41, 5.74) is -0.495. The fraction of sp³-hybridized carbons (Fsp3) is 0. The number of benzene rings is 1. The minimum atomic E-state index is -0.711. The Kier molecular flexibility index (Phi) is 2.90. The molecule has 6 heteroatoms. The largest absolute Gasteiger partial charge is 0.282 e. The molecule has 0 heterocycles. The molecule has 1 aromatic rings. The lowest BCUT2D eigenvalue weighted by atomic mass is 10.2. The van der Waals surface area contributed by atoms with Crippen LogP contribution in [0.25, 0.3) is 0 Å². The third-order valence-electron chi connectivity index (χ3n) is 1.40. The molecule has 0 atom stereocenters. The van der Waals surface area contributed by atoms with Crippen molar-refractivity contribution in [2.45, 2.75) is 0 Å². The molecule has 0 aliphatic rings. The number of nitrogens with zero attached hydrogens (tertiary/aromatic N) is 1. The molecular formula is C7H4ClNO3S. The molecule has 0 bridgehead atoms. The van der Waals surface area contributed by atoms with Crippen LogP contribution in [0.15, 0.2) is 18.2 Å². The summed E-state index contributed by atoms with van der Waals surface area (Å²) >= 11 is 9.09. The van der Waals surface area contributed by atoms with E-state index in [1.54, 1.807) is 0 Å². The zero-order valence-corrected chi connectivity index (χ0v) is 7.88. The maximum absolute atomic E-state index is 10.9. The molecular weight excluding hydrogens is 214 g/mol. The average molecular weight is 218 g/mol. The maximum atomic E-state index is 10.9. The number of nitro groups is 1. The van der Waals surface area contributed by atoms with Gasteiger partial charge in [-0.25, -0.2) is 0 Å². The molecule has 0 aliphatic heterocycles. The van der Waals surface area contributed by atoms with Gasteiger partial charge in [-0.2, -0.15) is 0 Å². The summed E-state index contributed by atoms with van der Waals surface area (Å²) in [5, 5.41) is 9.76. The van der Waals surface area contributed by atoms with Gasteiger partial charge in [0.05, 0.1) is 9.95 Å². The van der Waals surface area contributed by atoms with Gasteiger partial charge in [0.15, 0.2) is 0 Å². The van der Waals surface area contributed by atoms with E-state index >= 15 is 0 Å². The van der Waals surface area contributed by atoms with E-state index in [1.165, 1.54) is 18.2 Å². The molecule has 0 fully saturated rings. The highest BCUT2D eigenvalue weighted by atomic mass is 35.5. The maximum Gasteiger partial charge on any atom is 0.282 e. The Morgan fingerprint density at radius 3 is 2.54 bits per heavy atom. The van der Waals surface area contributed by atoms with E-state index in [0.29, 0.717) is 0 Å². The fourth-order valence-corrected chi connectivity index (χ4v) is 1.43. The van der Waals surface area contributed by atoms with Crippen molar-refractivity contribution < 1.29 is 9.72 Å². The number of rotatable bonds is 2. The van der Waals surface area contributed by atoms with Gasteiger partial charge >= 0.3 is 0 Å². The van der Waals surface area contributed by atoms with E-state index in [4.69, 9.17) is 11.6 Å². The summed E-state index contributed by atoms with van der Waals surface area (Å²) in [4.78, 5) is 20.6. The van der Waals surface area contributed by atoms with Crippen molar-refractivity contribution in [2.24, 2.45) is 0 Å². The smallest absolute Gasteiger partial charge is 0.282 e. The highest BCUT2D eigenvalue weighted by molar-refractivity contribution is 7.97. The van der Waals surface area contributed by atoms with Crippen molar-refractivity contribution in [3.8, 4) is 0 Å². The lowest BCUT2D eigenvalue weighted by Crippen LogP contribution is -1.98. The van der Waals surface area contributed by atoms with E-state index in [9.17, 15) is 14.9 Å². The first-order valence-electron chi connectivity index (χ1n) is 3.20. The molecule has 1 rings (SSSR count). The molecule has 13 heavy (non-hydrogen) atoms. The van der Waals surface area contributed by atoms with Crippen LogP contribution < -0.4 is 0 Å². The summed E-state index contributed by atoms with van der Waals surface area (Å²) in [7, 11) is 0. The van der Waals surface area contributed by atoms with Crippen LogP contribution in [-0.2, 0) is 0 Å². The summed E-state index contributed by atoms with van der Waals surface area (Å²) in [6, 6.07) is 4.01. The molecule has 0 saturated carbocycles. The summed E-state index contributed by atoms with van der Waals surface area (Å²) in [5.74, 6) is 0. The number of halogens is 1. The van der Waals surface area contributed by atoms with Crippen LogP contribution in [0.1, 0.15) is 10.4 Å². The van der Waals surface area contributed by atoms with Crippen molar-refractivity contribution >= 4 is 35.0 Å². The van der Waals surface area contributed by atoms with Gasteiger partial charge in [0.1, 0.15) is 5.56 Å². The fourth-order valence-electron chi connectivity index (χ4n) is 0.877. The van der Waals surface area contributed by atoms with E-state index in [2.05, 4.69) is 12.6 Å². The Morgan fingerprint density at radius 2 is 2.15 bits per heavy atom. The van der Waals surface area contributed by atoms with Gasteiger partial charge in [-0.3, -0.25) is 14.9 Å². The Morgan fingerprint density at radius 1 is 1.54 bits per heavy atom. The van der Waals surface area contributed by atoms with E-state index in [1.807, 2.05) is 0 Å². The average Bonchev–Trinajstić information content (AvgIpc) is 2.02. The summed E-state index contributed by atoms with van der Waals surface area (Å²) in [6.45, 7) is 0. The van der Waals surface area contributed by atoms with Crippen LogP contribution in [0.2, 0.25) is 5.02 Å². The standard InChI is InChI=1S/C7H4ClNO3S/c8-4-2-1-3-5(9(11)12)6(4)7(10)13/h1-3H,(H,10,13). The van der Waals surface area contributed by atoms with Crippen LogP contribution >= 0.6 is 24.2 Å². The molecule has 4 nitrogen and oxygen atoms in total. The first-order chi connectivity index (χ1) is 6.04. The van der Waals surface area contributed by atoms with Crippen molar-refractivity contribution in [3.63, 3.8) is 0 Å². The Labute approximate surface area is 84.1 Å². The van der Waals surface area contributed by atoms with Crippen LogP contribution in [0, 0.1) is 10.1 Å². The Balaban J connectivity index is 3.43. The monoisotopic (exact) mass is 217 g/mol. The third kappa shape index (κ3) is 1.99. The van der Waals surface area contributed by atoms with Crippen LogP contribution in [0.4, 0.5) is 5.69 Å². The van der Waals surface area contributed by atoms with Crippen molar-refractivity contribution in [1.29, 1.82) is 0 Å². The molecule has 0 amide bonds. The lowest BCUT2D eigenvalue weighted by molar-refractivity contribution is -0.385. The van der Waals surface area contributed by atoms with Gasteiger partial charge < -0.3 is 0 Å². The molecule has 0 aliphatic carbocycles. The predicted molar refractivity (Wildman–Crippen MR) is 51.4 cm³/mol. The van der Waals surface area contributed by atoms with Crippen molar-refractivity contribution in [1.82, 2.24) is 0 Å². The van der Waals surface area contributed by atoms with Gasteiger partial charge in [0.2, 0.25) is 5.12 Å². The van der Waals surface area contributed by atoms with Gasteiger partial charge in [0.25, 0.3) is 5.69 Å². The first-order valence-corrected chi connectivity index (χ1v) is 4.02. The number of hydrogen-bond acceptors (Lipinski definition) is 3. The Bertz CT molecular complexity index is 380. The van der Waals surface area contributed by atoms with Crippen LogP contribution in [0.3, 0.4) is 0 Å². The zero-order valence-electron chi connectivity index (χ0n) is 6.23. The number of nitro benzene ring substituents is 1. The van der Waals surface area contributed by atoms with E-state index in [-0.39, 0.29) is 16.3 Å². The quantitative estimate of drug-likeness (QED) is 0.470. The van der Waals surface area contributed by atoms with Crippen molar-refractivity contribution in [2.75, 3.05) is 0 Å². The van der Waals surface area contributed by atoms with Gasteiger partial charge in [-0.1, -0.05) is 17.7 Å². The lowest BCUT2D eigenvalue weighted by Gasteiger charge is -1.99. The SMILES string of the molecule is O=C(S)c1c(Cl)cccc1[N+](=O)[O-]. The number of thiol groups is 1. The molecule has 0 N–H and O–H groups in total. The molecule has 0 aromatic heterocycles. The molecule has 0 spiro atoms. The predicted octanol–water partition coefficient (Wildman–Crippen LogP) is 2.32. The Hall–Kier alpha value is -1.07. The second kappa shape index (κ2) is 3.76. The van der Waals surface area contributed by atoms with Gasteiger partial charge in [0, 0.05) is 6.07 Å². The highest BCUT2D eigenvalue weighted by Gasteiger charge is 2.20. The second-order valence-corrected chi connectivity index (χ2v) is 3.01. The molecule has 0 radical (unpaired) electrons. The summed E-state index contributed by atoms with van der Waals surface area (Å²) in [6.07, 6.45) is 0. The molecule has 68 valence electrons. The van der Waals surface area contributed by atoms with Gasteiger partial charge in [-0.15, -0.1) is 12.6 Å². The van der Waals surface area contributed by atoms with Crippen LogP contribution in [0.5, 0.6) is 0 Å². The van der Waals surface area contributed by atoms with Gasteiger partial charge in [-0.05, 0) is 6.07 Å². The zero-order chi connectivity index (χ0) is 10.0. The molecule has 1 aromatic carbocycles. The second-order valence-electron chi connectivity index (χ2n) is 2.20. The van der Waals surface area contributed by atoms with E-state index < -0.39 is 10.0 Å². The highest BCUT2D eigenvalue weighted by Crippen LogP contribution is 2.27. The van der Waals surface area contributed by atoms with Crippen LogP contribution in [-0.4, -0.2) is 10.0 Å². The van der Waals surface area contributed by atoms with Crippen molar-refractivity contribution in [3.05, 3.63) is 38.9 Å². The topological polar surface area (TPSA) is 60.2 Å². The molecule has 0 saturated heterocycles. The molecule has 0 unspecified atom stereocenters. The van der Waals surface area contributed by atoms with E-state index in [0.717, 1.165) is 0 Å². The number of carbonyl (C=O) groups excluding carboxylic acids is 1. The third-order valence-corrected chi connectivity index (χ3v) is 1.94. The minimum Gasteiger partial charge on any atom is -0.282 e. The normalized spacial score (nSPS) is 9.69.